The molecular formula is C103H155NO4Y-2. The standard InChI is InChI=1S/2C25H18.C7H5N.2C6H6.4C2H6O.12C2H6.2CH3.Y/c2*1-3-11-19(12-4-1)25(20-13-5-2-6-14-20)23-17-9-7-15-21(23)22-16-8-10-18-24(22)25;8-6-7-4-2-1-3-5-7;2*1-2-4-6-5-3-1;4*1-3-2;12*1-2;;;/h2*1-18H;1-5H;2*1-6H;4*1-2H3;12*1-2H3;2*1H3;/q;;;;;;;;;;;;;;;;;;;;;2*-1;. The van der Waals surface area contributed by atoms with Gasteiger partial charge in [-0.15, -0.1) is 0 Å². The number of nitrogens with zero attached hydrogens (tertiary/aromatic N) is 1. The van der Waals surface area contributed by atoms with E-state index < -0.39 is 0 Å². The first-order chi connectivity index (χ1) is 52.4. The zero-order valence-corrected chi connectivity index (χ0v) is 78.1. The Bertz CT molecular complexity index is 3010. The van der Waals surface area contributed by atoms with Crippen LogP contribution in [-0.2, 0) is 62.5 Å². The van der Waals surface area contributed by atoms with Crippen LogP contribution in [-0.4, -0.2) is 56.9 Å². The minimum atomic E-state index is -0.254. The Labute approximate surface area is 700 Å². The van der Waals surface area contributed by atoms with Crippen LogP contribution in [0, 0.1) is 26.2 Å². The fourth-order valence-corrected chi connectivity index (χ4v) is 10.1. The molecule has 0 aromatic heterocycles. The first-order valence-electron chi connectivity index (χ1n) is 39.1. The van der Waals surface area contributed by atoms with Crippen LogP contribution in [0.15, 0.2) is 322 Å². The second-order valence-electron chi connectivity index (χ2n) is 18.6. The van der Waals surface area contributed by atoms with Crippen molar-refractivity contribution in [2.75, 3.05) is 56.9 Å². The zero-order valence-electron chi connectivity index (χ0n) is 75.3. The van der Waals surface area contributed by atoms with Crippen molar-refractivity contribution in [3.8, 4) is 28.3 Å². The fourth-order valence-electron chi connectivity index (χ4n) is 10.1. The van der Waals surface area contributed by atoms with Gasteiger partial charge in [-0.25, -0.2) is 0 Å². The summed E-state index contributed by atoms with van der Waals surface area (Å²) < 4.78 is 17.0. The van der Waals surface area contributed by atoms with Crippen molar-refractivity contribution >= 4 is 0 Å². The molecule has 2 aliphatic carbocycles. The van der Waals surface area contributed by atoms with Crippen LogP contribution in [0.25, 0.3) is 22.3 Å². The van der Waals surface area contributed by atoms with Crippen LogP contribution in [0.4, 0.5) is 0 Å². The molecule has 109 heavy (non-hydrogen) atoms. The Morgan fingerprint density at radius 1 is 0.193 bits per heavy atom. The predicted octanol–water partition coefficient (Wildman–Crippen LogP) is 31.3. The molecular weight excluding hydrogens is 1400 g/mol. The van der Waals surface area contributed by atoms with Gasteiger partial charge in [-0.05, 0) is 78.9 Å². The number of rotatable bonds is 4. The van der Waals surface area contributed by atoms with Gasteiger partial charge >= 0.3 is 0 Å². The molecule has 0 saturated heterocycles. The van der Waals surface area contributed by atoms with Crippen molar-refractivity contribution in [2.24, 2.45) is 0 Å². The molecule has 2 aliphatic rings. The van der Waals surface area contributed by atoms with Crippen LogP contribution in [0.5, 0.6) is 0 Å². The number of hydrogen-bond donors (Lipinski definition) is 0. The molecule has 0 bridgehead atoms. The molecule has 0 unspecified atom stereocenters. The number of hydrogen-bond acceptors (Lipinski definition) is 5. The number of benzene rings is 11. The molecule has 1 radical (unpaired) electrons. The van der Waals surface area contributed by atoms with E-state index in [9.17, 15) is 0 Å². The molecule has 0 heterocycles. The third kappa shape index (κ3) is 44.9. The van der Waals surface area contributed by atoms with Crippen molar-refractivity contribution in [2.45, 2.75) is 177 Å². The van der Waals surface area contributed by atoms with Crippen molar-refractivity contribution in [1.82, 2.24) is 0 Å². The van der Waals surface area contributed by atoms with Crippen LogP contribution < -0.4 is 0 Å². The molecule has 0 fully saturated rings. The van der Waals surface area contributed by atoms with E-state index in [-0.39, 0.29) is 58.4 Å². The molecule has 0 spiro atoms. The van der Waals surface area contributed by atoms with Crippen LogP contribution in [0.1, 0.15) is 216 Å². The van der Waals surface area contributed by atoms with Crippen LogP contribution in [0.3, 0.4) is 0 Å². The van der Waals surface area contributed by atoms with Gasteiger partial charge in [0.15, 0.2) is 0 Å². The maximum absolute atomic E-state index is 8.29. The van der Waals surface area contributed by atoms with Gasteiger partial charge in [0.1, 0.15) is 0 Å². The quantitative estimate of drug-likeness (QED) is 0.164. The van der Waals surface area contributed by atoms with E-state index in [1.807, 2.05) is 263 Å². The smallest absolute Gasteiger partial charge is 0.0991 e. The molecule has 11 aromatic rings. The van der Waals surface area contributed by atoms with Gasteiger partial charge in [0.2, 0.25) is 0 Å². The molecule has 6 heteroatoms. The zero-order chi connectivity index (χ0) is 82.5. The van der Waals surface area contributed by atoms with Crippen molar-refractivity contribution in [1.29, 1.82) is 5.26 Å². The van der Waals surface area contributed by atoms with Gasteiger partial charge in [-0.3, -0.25) is 0 Å². The summed E-state index contributed by atoms with van der Waals surface area (Å²) >= 11 is 0. The van der Waals surface area contributed by atoms with Gasteiger partial charge < -0.3 is 33.8 Å². The largest absolute Gasteiger partial charge is 0.388 e. The monoisotopic (exact) mass is 1560 g/mol. The van der Waals surface area contributed by atoms with Gasteiger partial charge in [0.25, 0.3) is 0 Å². The van der Waals surface area contributed by atoms with Gasteiger partial charge in [-0.2, -0.15) is 5.26 Å². The summed E-state index contributed by atoms with van der Waals surface area (Å²) in [6.07, 6.45) is 0. The fraction of sp³-hybridized carbons (Fsp3) is 0.330. The van der Waals surface area contributed by atoms with E-state index in [4.69, 9.17) is 5.26 Å². The average Bonchev–Trinajstić information content (AvgIpc) is 1.56. The summed E-state index contributed by atoms with van der Waals surface area (Å²) in [6.45, 7) is 48.0. The summed E-state index contributed by atoms with van der Waals surface area (Å²) in [7, 11) is 13.0. The molecule has 0 saturated carbocycles. The number of fused-ring (bicyclic) bond motifs is 6. The first-order valence-corrected chi connectivity index (χ1v) is 39.1. The maximum Gasteiger partial charge on any atom is 0.0991 e. The molecule has 0 N–H and O–H groups in total. The first kappa shape index (κ1) is 125. The topological polar surface area (TPSA) is 60.7 Å². The van der Waals surface area contributed by atoms with E-state index in [1.54, 1.807) is 69.0 Å². The van der Waals surface area contributed by atoms with Crippen LogP contribution >= 0.6 is 0 Å². The minimum Gasteiger partial charge on any atom is -0.388 e. The normalized spacial score (nSPS) is 9.17. The van der Waals surface area contributed by atoms with Gasteiger partial charge in [0, 0.05) is 89.6 Å². The maximum atomic E-state index is 8.29. The van der Waals surface area contributed by atoms with Crippen LogP contribution in [0.2, 0.25) is 0 Å². The van der Waals surface area contributed by atoms with E-state index in [2.05, 4.69) is 237 Å². The van der Waals surface area contributed by atoms with Gasteiger partial charge in [-0.1, -0.05) is 476 Å². The molecule has 5 nitrogen and oxygen atoms in total. The van der Waals surface area contributed by atoms with Crippen molar-refractivity contribution in [3.05, 3.63) is 386 Å². The Morgan fingerprint density at radius 3 is 0.431 bits per heavy atom. The number of ether oxygens (including phenoxy) is 4. The predicted molar refractivity (Wildman–Crippen MR) is 492 cm³/mol. The molecule has 0 atom stereocenters. The van der Waals surface area contributed by atoms with E-state index in [0.29, 0.717) is 5.56 Å². The van der Waals surface area contributed by atoms with E-state index in [0.717, 1.165) is 0 Å². The Morgan fingerprint density at radius 2 is 0.303 bits per heavy atom. The Hall–Kier alpha value is -8.15. The summed E-state index contributed by atoms with van der Waals surface area (Å²) in [4.78, 5) is 0. The summed E-state index contributed by atoms with van der Waals surface area (Å²) in [6, 6.07) is 114. The minimum absolute atomic E-state index is 0. The third-order valence-electron chi connectivity index (χ3n) is 13.0. The second-order valence-corrected chi connectivity index (χ2v) is 18.6. The molecule has 0 amide bonds. The molecule has 13 rings (SSSR count). The van der Waals surface area contributed by atoms with Gasteiger partial charge in [0.05, 0.1) is 22.5 Å². The average molecular weight is 1560 g/mol. The summed E-state index contributed by atoms with van der Waals surface area (Å²) in [5, 5.41) is 8.29. The summed E-state index contributed by atoms with van der Waals surface area (Å²) in [5.74, 6) is 0. The number of methoxy groups -OCH3 is 4. The Balaban J connectivity index is -0.000000117. The van der Waals surface area contributed by atoms with E-state index in [1.165, 1.54) is 66.8 Å². The molecule has 0 aliphatic heterocycles. The van der Waals surface area contributed by atoms with Crippen molar-refractivity contribution in [3.63, 3.8) is 0 Å². The number of nitriles is 1. The Kier molecular flexibility index (Phi) is 110. The van der Waals surface area contributed by atoms with Crippen molar-refractivity contribution < 1.29 is 51.7 Å². The molecule has 11 aromatic carbocycles. The molecule has 601 valence electrons. The third-order valence-corrected chi connectivity index (χ3v) is 13.0. The summed E-state index contributed by atoms with van der Waals surface area (Å²) in [5.41, 5.74) is 16.3. The SMILES string of the molecule is CC.CC.CC.CC.CC.CC.CC.CC.CC.CC.CC.CC.COC.COC.COC.COC.N#Cc1ccccc1.[CH3-].[CH3-].[Y].c1ccc(C2(c3ccccc3)c3ccccc3-c3ccccc32)cc1.c1ccc(C2(c3ccccc3)c3ccccc3-c3ccccc32)cc1.c1ccccc1.c1ccccc1. The second kappa shape index (κ2) is 95.9. The van der Waals surface area contributed by atoms with E-state index >= 15 is 0 Å².